The topological polar surface area (TPSA) is 95.1 Å². The number of rotatable bonds is 6. The molecule has 1 atom stereocenters. The molecule has 2 aromatic rings. The molecule has 0 spiro atoms. The van der Waals surface area contributed by atoms with Crippen molar-refractivity contribution >= 4 is 18.3 Å². The van der Waals surface area contributed by atoms with Crippen LogP contribution in [0.3, 0.4) is 0 Å². The second kappa shape index (κ2) is 8.31. The average Bonchev–Trinajstić information content (AvgIpc) is 2.96. The van der Waals surface area contributed by atoms with Crippen molar-refractivity contribution in [1.29, 1.82) is 0 Å². The zero-order valence-corrected chi connectivity index (χ0v) is 16.1. The van der Waals surface area contributed by atoms with Crippen molar-refractivity contribution in [3.8, 4) is 11.4 Å². The number of methoxy groups -OCH3 is 1. The first kappa shape index (κ1) is 20.9. The van der Waals surface area contributed by atoms with Crippen LogP contribution < -0.4 is 15.8 Å². The fourth-order valence-corrected chi connectivity index (χ4v) is 2.26. The van der Waals surface area contributed by atoms with Crippen LogP contribution in [0.15, 0.2) is 24.3 Å². The van der Waals surface area contributed by atoms with E-state index in [-0.39, 0.29) is 24.2 Å². The van der Waals surface area contributed by atoms with Crippen LogP contribution >= 0.6 is 12.4 Å². The number of hydrogen-bond donors (Lipinski definition) is 2. The summed E-state index contributed by atoms with van der Waals surface area (Å²) in [6, 6.07) is 7.39. The van der Waals surface area contributed by atoms with Gasteiger partial charge < -0.3 is 15.8 Å². The van der Waals surface area contributed by atoms with Crippen LogP contribution in [0.5, 0.6) is 5.75 Å². The molecule has 0 radical (unpaired) electrons. The van der Waals surface area contributed by atoms with E-state index >= 15 is 0 Å². The number of carbonyl (C=O) groups is 1. The molecule has 1 aromatic heterocycles. The Bertz CT molecular complexity index is 714. The molecule has 2 rings (SSSR count). The summed E-state index contributed by atoms with van der Waals surface area (Å²) < 4.78 is 6.78. The van der Waals surface area contributed by atoms with E-state index in [1.807, 2.05) is 52.0 Å². The van der Waals surface area contributed by atoms with Crippen molar-refractivity contribution in [2.75, 3.05) is 13.7 Å². The van der Waals surface area contributed by atoms with E-state index in [1.54, 1.807) is 11.8 Å². The van der Waals surface area contributed by atoms with Gasteiger partial charge in [0.25, 0.3) is 5.91 Å². The van der Waals surface area contributed by atoms with Crippen LogP contribution in [0.25, 0.3) is 5.69 Å². The van der Waals surface area contributed by atoms with Crippen LogP contribution in [-0.2, 0) is 0 Å². The Kier molecular flexibility index (Phi) is 6.96. The molecule has 0 saturated heterocycles. The minimum absolute atomic E-state index is 0. The monoisotopic (exact) mass is 367 g/mol. The lowest BCUT2D eigenvalue weighted by molar-refractivity contribution is 0.0877. The maximum Gasteiger partial charge on any atom is 0.274 e. The Labute approximate surface area is 154 Å². The quantitative estimate of drug-likeness (QED) is 0.815. The smallest absolute Gasteiger partial charge is 0.274 e. The van der Waals surface area contributed by atoms with Crippen LogP contribution in [0, 0.1) is 12.8 Å². The molecule has 0 bridgehead atoms. The molecular formula is C17H26ClN5O2. The Morgan fingerprint density at radius 1 is 1.36 bits per heavy atom. The van der Waals surface area contributed by atoms with E-state index in [4.69, 9.17) is 10.5 Å². The molecule has 1 unspecified atom stereocenters. The molecule has 1 amide bonds. The number of nitrogens with one attached hydrogen (secondary N) is 1. The number of nitrogens with two attached hydrogens (primary N) is 1. The summed E-state index contributed by atoms with van der Waals surface area (Å²) in [7, 11) is 1.61. The SMILES string of the molecule is COc1ccc(-n2nnc(C(=O)NC(C)(CN)C(C)C)c2C)cc1.Cl. The predicted octanol–water partition coefficient (Wildman–Crippen LogP) is 2.11. The van der Waals surface area contributed by atoms with Gasteiger partial charge in [0.15, 0.2) is 5.69 Å². The molecule has 25 heavy (non-hydrogen) atoms. The van der Waals surface area contributed by atoms with E-state index in [0.717, 1.165) is 11.4 Å². The number of amides is 1. The minimum Gasteiger partial charge on any atom is -0.497 e. The molecule has 0 aliphatic rings. The molecule has 0 aliphatic carbocycles. The lowest BCUT2D eigenvalue weighted by Gasteiger charge is -2.33. The van der Waals surface area contributed by atoms with Crippen molar-refractivity contribution in [2.45, 2.75) is 33.2 Å². The third kappa shape index (κ3) is 4.29. The van der Waals surface area contributed by atoms with Crippen molar-refractivity contribution < 1.29 is 9.53 Å². The number of carbonyl (C=O) groups excluding carboxylic acids is 1. The van der Waals surface area contributed by atoms with Gasteiger partial charge in [0.2, 0.25) is 0 Å². The Morgan fingerprint density at radius 2 is 1.96 bits per heavy atom. The highest BCUT2D eigenvalue weighted by Crippen LogP contribution is 2.19. The second-order valence-corrected chi connectivity index (χ2v) is 6.36. The Balaban J connectivity index is 0.00000312. The third-order valence-corrected chi connectivity index (χ3v) is 4.52. The third-order valence-electron chi connectivity index (χ3n) is 4.52. The summed E-state index contributed by atoms with van der Waals surface area (Å²) in [5, 5.41) is 11.1. The van der Waals surface area contributed by atoms with Crippen LogP contribution in [-0.4, -0.2) is 40.1 Å². The highest BCUT2D eigenvalue weighted by atomic mass is 35.5. The number of aromatic nitrogens is 3. The van der Waals surface area contributed by atoms with E-state index in [2.05, 4.69) is 15.6 Å². The molecule has 0 aliphatic heterocycles. The van der Waals surface area contributed by atoms with Gasteiger partial charge in [-0.1, -0.05) is 19.1 Å². The van der Waals surface area contributed by atoms with E-state index in [0.29, 0.717) is 17.9 Å². The minimum atomic E-state index is -0.493. The number of hydrogen-bond acceptors (Lipinski definition) is 5. The van der Waals surface area contributed by atoms with Gasteiger partial charge in [-0.15, -0.1) is 17.5 Å². The van der Waals surface area contributed by atoms with Crippen LogP contribution in [0.1, 0.15) is 37.0 Å². The van der Waals surface area contributed by atoms with Gasteiger partial charge in [-0.2, -0.15) is 0 Å². The second-order valence-electron chi connectivity index (χ2n) is 6.36. The standard InChI is InChI=1S/C17H25N5O2.ClH/c1-11(2)17(4,10-18)19-16(23)15-12(3)22(21-20-15)13-6-8-14(24-5)9-7-13;/h6-9,11H,10,18H2,1-5H3,(H,19,23);1H. The first-order valence-corrected chi connectivity index (χ1v) is 7.91. The lowest BCUT2D eigenvalue weighted by atomic mass is 9.88. The van der Waals surface area contributed by atoms with E-state index in [9.17, 15) is 4.79 Å². The van der Waals surface area contributed by atoms with E-state index < -0.39 is 5.54 Å². The zero-order chi connectivity index (χ0) is 17.9. The maximum atomic E-state index is 12.6. The fraction of sp³-hybridized carbons (Fsp3) is 0.471. The lowest BCUT2D eigenvalue weighted by Crippen LogP contribution is -2.55. The molecule has 8 heteroatoms. The summed E-state index contributed by atoms with van der Waals surface area (Å²) >= 11 is 0. The fourth-order valence-electron chi connectivity index (χ4n) is 2.26. The van der Waals surface area contributed by atoms with Crippen molar-refractivity contribution in [3.63, 3.8) is 0 Å². The highest BCUT2D eigenvalue weighted by molar-refractivity contribution is 5.93. The molecule has 1 aromatic carbocycles. The summed E-state index contributed by atoms with van der Waals surface area (Å²) in [5.41, 5.74) is 7.11. The molecule has 0 fully saturated rings. The Morgan fingerprint density at radius 3 is 2.44 bits per heavy atom. The summed E-state index contributed by atoms with van der Waals surface area (Å²) in [4.78, 5) is 12.6. The molecular weight excluding hydrogens is 342 g/mol. The van der Waals surface area contributed by atoms with Gasteiger partial charge >= 0.3 is 0 Å². The number of halogens is 1. The maximum absolute atomic E-state index is 12.6. The number of ether oxygens (including phenoxy) is 1. The van der Waals surface area contributed by atoms with Crippen molar-refractivity contribution in [3.05, 3.63) is 35.7 Å². The van der Waals surface area contributed by atoms with Crippen LogP contribution in [0.4, 0.5) is 0 Å². The van der Waals surface area contributed by atoms with Gasteiger partial charge in [-0.3, -0.25) is 4.79 Å². The Hall–Kier alpha value is -2.12. The van der Waals surface area contributed by atoms with E-state index in [1.165, 1.54) is 0 Å². The first-order chi connectivity index (χ1) is 11.3. The van der Waals surface area contributed by atoms with Gasteiger partial charge in [-0.05, 0) is 44.0 Å². The molecule has 0 saturated carbocycles. The van der Waals surface area contributed by atoms with Crippen molar-refractivity contribution in [2.24, 2.45) is 11.7 Å². The summed E-state index contributed by atoms with van der Waals surface area (Å²) in [5.74, 6) is 0.683. The highest BCUT2D eigenvalue weighted by Gasteiger charge is 2.30. The average molecular weight is 368 g/mol. The number of benzene rings is 1. The first-order valence-electron chi connectivity index (χ1n) is 7.91. The van der Waals surface area contributed by atoms with Crippen molar-refractivity contribution in [1.82, 2.24) is 20.3 Å². The molecule has 3 N–H and O–H groups in total. The van der Waals surface area contributed by atoms with Gasteiger partial charge in [0.05, 0.1) is 24.0 Å². The molecule has 1 heterocycles. The number of nitrogens with zero attached hydrogens (tertiary/aromatic N) is 3. The predicted molar refractivity (Wildman–Crippen MR) is 99.7 cm³/mol. The summed E-state index contributed by atoms with van der Waals surface area (Å²) in [6.45, 7) is 8.14. The van der Waals surface area contributed by atoms with Gasteiger partial charge in [0, 0.05) is 6.54 Å². The summed E-state index contributed by atoms with van der Waals surface area (Å²) in [6.07, 6.45) is 0. The van der Waals surface area contributed by atoms with Gasteiger partial charge in [-0.25, -0.2) is 4.68 Å². The molecule has 7 nitrogen and oxygen atoms in total. The van der Waals surface area contributed by atoms with Gasteiger partial charge in [0.1, 0.15) is 5.75 Å². The molecule has 138 valence electrons. The zero-order valence-electron chi connectivity index (χ0n) is 15.2. The van der Waals surface area contributed by atoms with Crippen LogP contribution in [0.2, 0.25) is 0 Å². The largest absolute Gasteiger partial charge is 0.497 e. The normalized spacial score (nSPS) is 13.1.